The molecule has 0 amide bonds. The summed E-state index contributed by atoms with van der Waals surface area (Å²) in [6.45, 7) is 0. The van der Waals surface area contributed by atoms with Crippen LogP contribution in [-0.2, 0) is 6.42 Å². The predicted octanol–water partition coefficient (Wildman–Crippen LogP) is 4.44. The molecule has 0 fully saturated rings. The van der Waals surface area contributed by atoms with Crippen LogP contribution < -0.4 is 0 Å². The van der Waals surface area contributed by atoms with Gasteiger partial charge in [0.05, 0.1) is 0 Å². The Bertz CT molecular complexity index is 549. The quantitative estimate of drug-likeness (QED) is 0.451. The van der Waals surface area contributed by atoms with Crippen LogP contribution in [0.1, 0.15) is 15.9 Å². The monoisotopic (exact) mass is 368 g/mol. The number of Topliss-reactive ketones (excluding diaryl/α,β-unsaturated/α-hetero) is 1. The third-order valence-corrected chi connectivity index (χ3v) is 4.20. The van der Waals surface area contributed by atoms with E-state index in [1.807, 2.05) is 54.8 Å². The van der Waals surface area contributed by atoms with Gasteiger partial charge in [0.25, 0.3) is 0 Å². The van der Waals surface area contributed by atoms with Gasteiger partial charge in [-0.3, -0.25) is 4.79 Å². The van der Waals surface area contributed by atoms with Crippen LogP contribution in [0.2, 0.25) is 0 Å². The van der Waals surface area contributed by atoms with Gasteiger partial charge in [-0.2, -0.15) is 0 Å². The van der Waals surface area contributed by atoms with Crippen LogP contribution in [0.15, 0.2) is 53.4 Å². The molecule has 0 aromatic heterocycles. The highest BCUT2D eigenvalue weighted by atomic mass is 127. The lowest BCUT2D eigenvalue weighted by Crippen LogP contribution is -2.04. The molecule has 0 aliphatic carbocycles. The standard InChI is InChI=1S/C15H13IOS/c1-18-15-5-3-2-4-13(15)14(17)10-11-6-8-12(16)9-7-11/h2-9H,10H2,1H3. The van der Waals surface area contributed by atoms with Crippen molar-refractivity contribution in [1.82, 2.24) is 0 Å². The Morgan fingerprint density at radius 2 is 1.78 bits per heavy atom. The summed E-state index contributed by atoms with van der Waals surface area (Å²) in [4.78, 5) is 13.3. The summed E-state index contributed by atoms with van der Waals surface area (Å²) in [6, 6.07) is 15.9. The maximum Gasteiger partial charge on any atom is 0.168 e. The number of benzene rings is 2. The molecule has 2 aromatic carbocycles. The lowest BCUT2D eigenvalue weighted by Gasteiger charge is -2.06. The van der Waals surface area contributed by atoms with Gasteiger partial charge in [0.15, 0.2) is 5.78 Å². The fourth-order valence-corrected chi connectivity index (χ4v) is 2.73. The molecule has 1 nitrogen and oxygen atoms in total. The Morgan fingerprint density at radius 1 is 1.11 bits per heavy atom. The second-order valence-corrected chi connectivity index (χ2v) is 6.02. The first-order valence-corrected chi connectivity index (χ1v) is 7.91. The number of thioether (sulfide) groups is 1. The zero-order valence-electron chi connectivity index (χ0n) is 10.0. The van der Waals surface area contributed by atoms with Crippen molar-refractivity contribution in [3.05, 3.63) is 63.2 Å². The van der Waals surface area contributed by atoms with E-state index in [4.69, 9.17) is 0 Å². The Balaban J connectivity index is 2.19. The van der Waals surface area contributed by atoms with E-state index in [-0.39, 0.29) is 5.78 Å². The lowest BCUT2D eigenvalue weighted by atomic mass is 10.0. The average molecular weight is 368 g/mol. The maximum atomic E-state index is 12.3. The van der Waals surface area contributed by atoms with Crippen molar-refractivity contribution in [2.75, 3.05) is 6.26 Å². The molecule has 2 rings (SSSR count). The van der Waals surface area contributed by atoms with Gasteiger partial charge in [-0.25, -0.2) is 0 Å². The highest BCUT2D eigenvalue weighted by molar-refractivity contribution is 14.1. The Labute approximate surface area is 125 Å². The summed E-state index contributed by atoms with van der Waals surface area (Å²) in [5.74, 6) is 0.182. The Kier molecular flexibility index (Phi) is 4.83. The van der Waals surface area contributed by atoms with Crippen molar-refractivity contribution in [2.24, 2.45) is 0 Å². The molecule has 0 N–H and O–H groups in total. The second kappa shape index (κ2) is 6.38. The fraction of sp³-hybridized carbons (Fsp3) is 0.133. The SMILES string of the molecule is CSc1ccccc1C(=O)Cc1ccc(I)cc1. The largest absolute Gasteiger partial charge is 0.294 e. The van der Waals surface area contributed by atoms with E-state index < -0.39 is 0 Å². The molecule has 0 aliphatic heterocycles. The van der Waals surface area contributed by atoms with Gasteiger partial charge in [0.2, 0.25) is 0 Å². The zero-order valence-corrected chi connectivity index (χ0v) is 13.0. The first-order valence-electron chi connectivity index (χ1n) is 5.61. The third kappa shape index (κ3) is 3.36. The molecule has 0 saturated carbocycles. The Morgan fingerprint density at radius 3 is 2.44 bits per heavy atom. The van der Waals surface area contributed by atoms with Crippen LogP contribution in [0, 0.1) is 3.57 Å². The molecule has 0 bridgehead atoms. The molecular formula is C15H13IOS. The molecule has 0 atom stereocenters. The number of halogens is 1. The number of carbonyl (C=O) groups is 1. The van der Waals surface area contributed by atoms with Gasteiger partial charge < -0.3 is 0 Å². The van der Waals surface area contributed by atoms with E-state index in [0.29, 0.717) is 6.42 Å². The third-order valence-electron chi connectivity index (χ3n) is 2.69. The molecule has 0 spiro atoms. The average Bonchev–Trinajstić information content (AvgIpc) is 2.41. The predicted molar refractivity (Wildman–Crippen MR) is 85.4 cm³/mol. The number of hydrogen-bond donors (Lipinski definition) is 0. The number of rotatable bonds is 4. The summed E-state index contributed by atoms with van der Waals surface area (Å²) in [5, 5.41) is 0. The minimum atomic E-state index is 0.182. The van der Waals surface area contributed by atoms with Crippen LogP contribution >= 0.6 is 34.4 Å². The van der Waals surface area contributed by atoms with Crippen molar-refractivity contribution < 1.29 is 4.79 Å². The van der Waals surface area contributed by atoms with E-state index in [2.05, 4.69) is 22.6 Å². The number of ketones is 1. The van der Waals surface area contributed by atoms with Gasteiger partial charge in [-0.15, -0.1) is 11.8 Å². The second-order valence-electron chi connectivity index (χ2n) is 3.93. The summed E-state index contributed by atoms with van der Waals surface area (Å²) >= 11 is 3.88. The van der Waals surface area contributed by atoms with Gasteiger partial charge in [-0.1, -0.05) is 30.3 Å². The first kappa shape index (κ1) is 13.6. The van der Waals surface area contributed by atoms with Gasteiger partial charge in [-0.05, 0) is 52.6 Å². The molecular weight excluding hydrogens is 355 g/mol. The van der Waals surface area contributed by atoms with E-state index >= 15 is 0 Å². The smallest absolute Gasteiger partial charge is 0.168 e. The minimum absolute atomic E-state index is 0.182. The molecule has 92 valence electrons. The van der Waals surface area contributed by atoms with Crippen molar-refractivity contribution in [3.8, 4) is 0 Å². The number of hydrogen-bond acceptors (Lipinski definition) is 2. The first-order chi connectivity index (χ1) is 8.70. The van der Waals surface area contributed by atoms with Crippen molar-refractivity contribution in [3.63, 3.8) is 0 Å². The van der Waals surface area contributed by atoms with E-state index in [9.17, 15) is 4.79 Å². The zero-order chi connectivity index (χ0) is 13.0. The van der Waals surface area contributed by atoms with E-state index in [1.54, 1.807) is 11.8 Å². The molecule has 0 radical (unpaired) electrons. The van der Waals surface area contributed by atoms with E-state index in [1.165, 1.54) is 3.57 Å². The highest BCUT2D eigenvalue weighted by Gasteiger charge is 2.10. The van der Waals surface area contributed by atoms with Gasteiger partial charge >= 0.3 is 0 Å². The fourth-order valence-electron chi connectivity index (χ4n) is 1.76. The van der Waals surface area contributed by atoms with Crippen molar-refractivity contribution >= 4 is 40.1 Å². The number of carbonyl (C=O) groups excluding carboxylic acids is 1. The Hall–Kier alpha value is -0.810. The normalized spacial score (nSPS) is 10.3. The molecule has 3 heteroatoms. The maximum absolute atomic E-state index is 12.3. The van der Waals surface area contributed by atoms with Crippen LogP contribution in [-0.4, -0.2) is 12.0 Å². The van der Waals surface area contributed by atoms with Crippen LogP contribution in [0.4, 0.5) is 0 Å². The summed E-state index contributed by atoms with van der Waals surface area (Å²) in [6.07, 6.45) is 2.46. The van der Waals surface area contributed by atoms with Crippen molar-refractivity contribution in [1.29, 1.82) is 0 Å². The molecule has 2 aromatic rings. The van der Waals surface area contributed by atoms with Crippen LogP contribution in [0.3, 0.4) is 0 Å². The molecule has 18 heavy (non-hydrogen) atoms. The van der Waals surface area contributed by atoms with Crippen LogP contribution in [0.25, 0.3) is 0 Å². The molecule has 0 heterocycles. The van der Waals surface area contributed by atoms with Gasteiger partial charge in [0, 0.05) is 20.4 Å². The summed E-state index contributed by atoms with van der Waals surface area (Å²) in [5.41, 5.74) is 1.89. The highest BCUT2D eigenvalue weighted by Crippen LogP contribution is 2.21. The molecule has 0 saturated heterocycles. The van der Waals surface area contributed by atoms with Crippen LogP contribution in [0.5, 0.6) is 0 Å². The van der Waals surface area contributed by atoms with Crippen molar-refractivity contribution in [2.45, 2.75) is 11.3 Å². The molecule has 0 unspecified atom stereocenters. The lowest BCUT2D eigenvalue weighted by molar-refractivity contribution is 0.0990. The minimum Gasteiger partial charge on any atom is -0.294 e. The van der Waals surface area contributed by atoms with E-state index in [0.717, 1.165) is 16.0 Å². The topological polar surface area (TPSA) is 17.1 Å². The summed E-state index contributed by atoms with van der Waals surface area (Å²) in [7, 11) is 0. The van der Waals surface area contributed by atoms with Gasteiger partial charge in [0.1, 0.15) is 0 Å². The molecule has 0 aliphatic rings. The summed E-state index contributed by atoms with van der Waals surface area (Å²) < 4.78 is 1.19.